The summed E-state index contributed by atoms with van der Waals surface area (Å²) in [7, 11) is 2.24. The van der Waals surface area contributed by atoms with Crippen LogP contribution in [0.15, 0.2) is 0 Å². The van der Waals surface area contributed by atoms with Crippen molar-refractivity contribution >= 4 is 27.7 Å². The molecule has 0 amide bonds. The summed E-state index contributed by atoms with van der Waals surface area (Å²) in [6, 6.07) is 0.739. The predicted octanol–water partition coefficient (Wildman–Crippen LogP) is 3.23. The molecule has 0 aliphatic carbocycles. The number of unbranched alkanes of at least 4 members (excludes halogenated alkanes) is 1. The van der Waals surface area contributed by atoms with Crippen LogP contribution in [-0.4, -0.2) is 41.9 Å². The summed E-state index contributed by atoms with van der Waals surface area (Å²) in [5.41, 5.74) is 0. The van der Waals surface area contributed by atoms with Crippen LogP contribution < -0.4 is 0 Å². The highest BCUT2D eigenvalue weighted by Crippen LogP contribution is 2.07. The quantitative estimate of drug-likeness (QED) is 0.491. The molecule has 80 valence electrons. The first-order valence-electron chi connectivity index (χ1n) is 4.97. The molecule has 0 aliphatic rings. The molecule has 1 atom stereocenters. The minimum Gasteiger partial charge on any atom is -0.304 e. The Balaban J connectivity index is 3.38. The molecule has 0 saturated carbocycles. The number of rotatable bonds is 8. The molecule has 0 fully saturated rings. The smallest absolute Gasteiger partial charge is 0.00717 e. The minimum atomic E-state index is 0.739. The highest BCUT2D eigenvalue weighted by Gasteiger charge is 2.07. The van der Waals surface area contributed by atoms with Gasteiger partial charge in [-0.2, -0.15) is 11.8 Å². The van der Waals surface area contributed by atoms with Crippen LogP contribution in [0, 0.1) is 0 Å². The average molecular weight is 268 g/mol. The molecule has 0 aromatic heterocycles. The largest absolute Gasteiger partial charge is 0.304 e. The number of nitrogens with zero attached hydrogens (tertiary/aromatic N) is 1. The van der Waals surface area contributed by atoms with Gasteiger partial charge in [0.25, 0.3) is 0 Å². The van der Waals surface area contributed by atoms with Crippen LogP contribution in [-0.2, 0) is 0 Å². The molecule has 13 heavy (non-hydrogen) atoms. The van der Waals surface area contributed by atoms with Gasteiger partial charge in [0, 0.05) is 11.4 Å². The highest BCUT2D eigenvalue weighted by molar-refractivity contribution is 9.09. The fraction of sp³-hybridized carbons (Fsp3) is 1.00. The van der Waals surface area contributed by atoms with Crippen molar-refractivity contribution in [1.29, 1.82) is 0 Å². The Kier molecular flexibility index (Phi) is 9.92. The molecule has 0 radical (unpaired) electrons. The Morgan fingerprint density at radius 2 is 2.08 bits per heavy atom. The molecule has 0 heterocycles. The average Bonchev–Trinajstić information content (AvgIpc) is 2.14. The van der Waals surface area contributed by atoms with E-state index < -0.39 is 0 Å². The second kappa shape index (κ2) is 9.35. The van der Waals surface area contributed by atoms with Crippen molar-refractivity contribution in [2.45, 2.75) is 32.2 Å². The van der Waals surface area contributed by atoms with Gasteiger partial charge >= 0.3 is 0 Å². The van der Waals surface area contributed by atoms with Gasteiger partial charge in [-0.15, -0.1) is 0 Å². The minimum absolute atomic E-state index is 0.739. The molecule has 0 aliphatic heterocycles. The van der Waals surface area contributed by atoms with Gasteiger partial charge in [0.15, 0.2) is 0 Å². The van der Waals surface area contributed by atoms with Crippen LogP contribution >= 0.6 is 27.7 Å². The van der Waals surface area contributed by atoms with E-state index in [9.17, 15) is 0 Å². The van der Waals surface area contributed by atoms with Gasteiger partial charge in [0.05, 0.1) is 0 Å². The molecule has 0 aromatic rings. The summed E-state index contributed by atoms with van der Waals surface area (Å²) >= 11 is 5.40. The molecular weight excluding hydrogens is 246 g/mol. The lowest BCUT2D eigenvalue weighted by molar-refractivity contribution is 0.250. The number of alkyl halides is 1. The van der Waals surface area contributed by atoms with Crippen LogP contribution in [0.2, 0.25) is 0 Å². The lowest BCUT2D eigenvalue weighted by Gasteiger charge is -2.24. The number of halogens is 1. The van der Waals surface area contributed by atoms with Crippen molar-refractivity contribution < 1.29 is 0 Å². The van der Waals surface area contributed by atoms with Crippen LogP contribution in [0.3, 0.4) is 0 Å². The lowest BCUT2D eigenvalue weighted by atomic mass is 10.2. The predicted molar refractivity (Wildman–Crippen MR) is 68.1 cm³/mol. The van der Waals surface area contributed by atoms with Crippen LogP contribution in [0.25, 0.3) is 0 Å². The molecule has 1 nitrogen and oxygen atoms in total. The summed E-state index contributed by atoms with van der Waals surface area (Å²) in [5.74, 6) is 1.28. The fourth-order valence-corrected chi connectivity index (χ4v) is 2.16. The molecule has 0 bridgehead atoms. The second-order valence-electron chi connectivity index (χ2n) is 3.51. The maximum absolute atomic E-state index is 3.46. The summed E-state index contributed by atoms with van der Waals surface area (Å²) in [6.07, 6.45) is 6.09. The zero-order valence-corrected chi connectivity index (χ0v) is 11.5. The summed E-state index contributed by atoms with van der Waals surface area (Å²) < 4.78 is 0. The molecular formula is C10H22BrNS. The van der Waals surface area contributed by atoms with Crippen molar-refractivity contribution in [3.63, 3.8) is 0 Å². The van der Waals surface area contributed by atoms with E-state index in [0.717, 1.165) is 11.4 Å². The summed E-state index contributed by atoms with van der Waals surface area (Å²) in [5, 5.41) is 1.14. The van der Waals surface area contributed by atoms with Crippen LogP contribution in [0.5, 0.6) is 0 Å². The van der Waals surface area contributed by atoms with E-state index in [4.69, 9.17) is 0 Å². The first-order valence-corrected chi connectivity index (χ1v) is 7.49. The van der Waals surface area contributed by atoms with E-state index in [-0.39, 0.29) is 0 Å². The van der Waals surface area contributed by atoms with E-state index in [0.29, 0.717) is 0 Å². The van der Waals surface area contributed by atoms with Crippen molar-refractivity contribution in [3.8, 4) is 0 Å². The second-order valence-corrected chi connectivity index (χ2v) is 5.29. The van der Waals surface area contributed by atoms with E-state index in [2.05, 4.69) is 41.1 Å². The molecule has 3 heteroatoms. The van der Waals surface area contributed by atoms with Gasteiger partial charge in [-0.1, -0.05) is 15.9 Å². The van der Waals surface area contributed by atoms with Gasteiger partial charge in [0.1, 0.15) is 0 Å². The number of hydrogen-bond acceptors (Lipinski definition) is 2. The van der Waals surface area contributed by atoms with E-state index in [1.165, 1.54) is 31.6 Å². The Hall–Kier alpha value is 0.790. The van der Waals surface area contributed by atoms with E-state index in [1.54, 1.807) is 0 Å². The number of hydrogen-bond donors (Lipinski definition) is 0. The van der Waals surface area contributed by atoms with Crippen LogP contribution in [0.4, 0.5) is 0 Å². The Morgan fingerprint density at radius 3 is 2.62 bits per heavy atom. The van der Waals surface area contributed by atoms with Crippen molar-refractivity contribution in [1.82, 2.24) is 4.90 Å². The highest BCUT2D eigenvalue weighted by atomic mass is 79.9. The van der Waals surface area contributed by atoms with Gasteiger partial charge in [-0.05, 0) is 51.8 Å². The molecule has 0 aromatic carbocycles. The standard InChI is InChI=1S/C10H22BrNS/c1-10(6-9-13-3)12(2)8-5-4-7-11/h10H,4-9H2,1-3H3. The molecule has 0 saturated heterocycles. The normalized spacial score (nSPS) is 13.6. The Morgan fingerprint density at radius 1 is 1.38 bits per heavy atom. The molecule has 1 unspecified atom stereocenters. The third kappa shape index (κ3) is 7.83. The van der Waals surface area contributed by atoms with E-state index in [1.807, 2.05) is 11.8 Å². The lowest BCUT2D eigenvalue weighted by Crippen LogP contribution is -2.30. The van der Waals surface area contributed by atoms with E-state index >= 15 is 0 Å². The SMILES string of the molecule is CSCCC(C)N(C)CCCCBr. The summed E-state index contributed by atoms with van der Waals surface area (Å²) in [4.78, 5) is 2.47. The van der Waals surface area contributed by atoms with Gasteiger partial charge < -0.3 is 4.90 Å². The van der Waals surface area contributed by atoms with Gasteiger partial charge in [-0.25, -0.2) is 0 Å². The van der Waals surface area contributed by atoms with Gasteiger partial charge in [-0.3, -0.25) is 0 Å². The molecule has 0 spiro atoms. The Bertz CT molecular complexity index is 111. The topological polar surface area (TPSA) is 3.24 Å². The maximum atomic E-state index is 3.46. The number of thioether (sulfide) groups is 1. The zero-order chi connectivity index (χ0) is 10.1. The zero-order valence-electron chi connectivity index (χ0n) is 9.05. The third-order valence-corrected chi connectivity index (χ3v) is 3.59. The molecule has 0 rings (SSSR count). The van der Waals surface area contributed by atoms with Crippen molar-refractivity contribution in [3.05, 3.63) is 0 Å². The third-order valence-electron chi connectivity index (χ3n) is 2.39. The van der Waals surface area contributed by atoms with Crippen LogP contribution in [0.1, 0.15) is 26.2 Å². The van der Waals surface area contributed by atoms with Gasteiger partial charge in [0.2, 0.25) is 0 Å². The molecule has 0 N–H and O–H groups in total. The first kappa shape index (κ1) is 13.8. The first-order chi connectivity index (χ1) is 6.22. The van der Waals surface area contributed by atoms with Crippen molar-refractivity contribution in [2.75, 3.05) is 30.9 Å². The monoisotopic (exact) mass is 267 g/mol. The summed E-state index contributed by atoms with van der Waals surface area (Å²) in [6.45, 7) is 3.56. The van der Waals surface area contributed by atoms with Crippen molar-refractivity contribution in [2.24, 2.45) is 0 Å². The maximum Gasteiger partial charge on any atom is 0.00717 e. The fourth-order valence-electron chi connectivity index (χ4n) is 1.18. The Labute approximate surface area is 95.8 Å².